The minimum atomic E-state index is -3.90. The summed E-state index contributed by atoms with van der Waals surface area (Å²) in [6.45, 7) is 1.86. The third kappa shape index (κ3) is 3.06. The van der Waals surface area contributed by atoms with Gasteiger partial charge in [-0.15, -0.1) is 0 Å². The van der Waals surface area contributed by atoms with Crippen LogP contribution in [0, 0.1) is 6.92 Å². The molecule has 0 unspecified atom stereocenters. The quantitative estimate of drug-likeness (QED) is 0.807. The van der Waals surface area contributed by atoms with Gasteiger partial charge in [-0.1, -0.05) is 24.3 Å². The molecule has 0 aliphatic rings. The van der Waals surface area contributed by atoms with E-state index in [-0.39, 0.29) is 16.4 Å². The summed E-state index contributed by atoms with van der Waals surface area (Å²) in [6.07, 6.45) is 0. The Morgan fingerprint density at radius 1 is 1.00 bits per heavy atom. The van der Waals surface area contributed by atoms with Crippen LogP contribution in [0.25, 0.3) is 0 Å². The second-order valence-electron chi connectivity index (χ2n) is 4.00. The largest absolute Gasteiger partial charge is 0.495 e. The first-order valence-corrected chi connectivity index (χ1v) is 7.08. The molecule has 4 nitrogen and oxygen atoms in total. The maximum Gasteiger partial charge on any atom is 0.342 e. The Labute approximate surface area is 112 Å². The van der Waals surface area contributed by atoms with Gasteiger partial charge >= 0.3 is 10.1 Å². The van der Waals surface area contributed by atoms with E-state index in [2.05, 4.69) is 0 Å². The molecular formula is C14H14O4S. The number of methoxy groups -OCH3 is 1. The van der Waals surface area contributed by atoms with Crippen molar-refractivity contribution in [1.29, 1.82) is 0 Å². The Balaban J connectivity index is 2.38. The molecule has 2 aromatic carbocycles. The fourth-order valence-corrected chi connectivity index (χ4v) is 2.75. The summed E-state index contributed by atoms with van der Waals surface area (Å²) in [4.78, 5) is 0.0130. The maximum atomic E-state index is 12.2. The van der Waals surface area contributed by atoms with Crippen molar-refractivity contribution >= 4 is 10.1 Å². The molecule has 19 heavy (non-hydrogen) atoms. The van der Waals surface area contributed by atoms with Crippen molar-refractivity contribution in [2.45, 2.75) is 11.8 Å². The molecule has 0 bridgehead atoms. The average Bonchev–Trinajstić information content (AvgIpc) is 2.38. The molecule has 0 radical (unpaired) electrons. The predicted octanol–water partition coefficient (Wildman–Crippen LogP) is 2.77. The van der Waals surface area contributed by atoms with Gasteiger partial charge in [0, 0.05) is 0 Å². The van der Waals surface area contributed by atoms with E-state index in [9.17, 15) is 8.42 Å². The van der Waals surface area contributed by atoms with E-state index < -0.39 is 10.1 Å². The Morgan fingerprint density at radius 2 is 1.74 bits per heavy atom. The summed E-state index contributed by atoms with van der Waals surface area (Å²) in [5.41, 5.74) is 0.924. The van der Waals surface area contributed by atoms with E-state index >= 15 is 0 Å². The zero-order valence-electron chi connectivity index (χ0n) is 10.7. The van der Waals surface area contributed by atoms with E-state index in [0.29, 0.717) is 0 Å². The van der Waals surface area contributed by atoms with E-state index in [1.54, 1.807) is 36.4 Å². The maximum absolute atomic E-state index is 12.2. The average molecular weight is 278 g/mol. The summed E-state index contributed by atoms with van der Waals surface area (Å²) in [5, 5.41) is 0. The van der Waals surface area contributed by atoms with Crippen LogP contribution in [0.1, 0.15) is 5.56 Å². The van der Waals surface area contributed by atoms with Crippen LogP contribution in [0.4, 0.5) is 0 Å². The van der Waals surface area contributed by atoms with Gasteiger partial charge in [0.05, 0.1) is 7.11 Å². The summed E-state index contributed by atoms with van der Waals surface area (Å²) < 4.78 is 34.5. The van der Waals surface area contributed by atoms with E-state index in [0.717, 1.165) is 5.56 Å². The van der Waals surface area contributed by atoms with Crippen molar-refractivity contribution < 1.29 is 17.3 Å². The topological polar surface area (TPSA) is 52.6 Å². The molecule has 0 aliphatic heterocycles. The van der Waals surface area contributed by atoms with Crippen molar-refractivity contribution in [3.8, 4) is 11.5 Å². The molecule has 0 aliphatic carbocycles. The molecule has 5 heteroatoms. The third-order valence-electron chi connectivity index (χ3n) is 2.53. The molecule has 100 valence electrons. The van der Waals surface area contributed by atoms with Crippen LogP contribution in [0.5, 0.6) is 11.5 Å². The standard InChI is InChI=1S/C14H14O4S/c1-11-6-5-7-12(10-11)18-19(15,16)14-9-4-3-8-13(14)17-2/h3-10H,1-2H3. The highest BCUT2D eigenvalue weighted by Gasteiger charge is 2.21. The molecule has 0 spiro atoms. The Bertz CT molecular complexity index is 677. The highest BCUT2D eigenvalue weighted by molar-refractivity contribution is 7.87. The highest BCUT2D eigenvalue weighted by atomic mass is 32.2. The van der Waals surface area contributed by atoms with Gasteiger partial charge in [0.15, 0.2) is 0 Å². The van der Waals surface area contributed by atoms with Crippen LogP contribution < -0.4 is 8.92 Å². The van der Waals surface area contributed by atoms with Crippen LogP contribution in [-0.2, 0) is 10.1 Å². The van der Waals surface area contributed by atoms with Gasteiger partial charge in [0.1, 0.15) is 16.4 Å². The minimum Gasteiger partial charge on any atom is -0.495 e. The SMILES string of the molecule is COc1ccccc1S(=O)(=O)Oc1cccc(C)c1. The molecule has 0 saturated heterocycles. The lowest BCUT2D eigenvalue weighted by molar-refractivity contribution is 0.398. The van der Waals surface area contributed by atoms with E-state index in [4.69, 9.17) is 8.92 Å². The lowest BCUT2D eigenvalue weighted by Crippen LogP contribution is -2.11. The normalized spacial score (nSPS) is 11.1. The van der Waals surface area contributed by atoms with Crippen molar-refractivity contribution in [2.75, 3.05) is 7.11 Å². The first-order chi connectivity index (χ1) is 9.03. The molecule has 2 rings (SSSR count). The van der Waals surface area contributed by atoms with Crippen LogP contribution in [0.2, 0.25) is 0 Å². The zero-order valence-corrected chi connectivity index (χ0v) is 11.5. The second-order valence-corrected chi connectivity index (χ2v) is 5.52. The zero-order chi connectivity index (χ0) is 13.9. The monoisotopic (exact) mass is 278 g/mol. The van der Waals surface area contributed by atoms with Gasteiger partial charge in [-0.05, 0) is 36.8 Å². The highest BCUT2D eigenvalue weighted by Crippen LogP contribution is 2.26. The number of benzene rings is 2. The summed E-state index contributed by atoms with van der Waals surface area (Å²) in [7, 11) is -2.48. The van der Waals surface area contributed by atoms with Gasteiger partial charge in [0.25, 0.3) is 0 Å². The van der Waals surface area contributed by atoms with Crippen molar-refractivity contribution in [3.63, 3.8) is 0 Å². The number of aryl methyl sites for hydroxylation is 1. The van der Waals surface area contributed by atoms with E-state index in [1.165, 1.54) is 13.2 Å². The predicted molar refractivity (Wildman–Crippen MR) is 72.0 cm³/mol. The number of para-hydroxylation sites is 1. The van der Waals surface area contributed by atoms with Crippen LogP contribution in [0.15, 0.2) is 53.4 Å². The number of ether oxygens (including phenoxy) is 1. The summed E-state index contributed by atoms with van der Waals surface area (Å²) in [6, 6.07) is 13.2. The second kappa shape index (κ2) is 5.32. The fourth-order valence-electron chi connectivity index (χ4n) is 1.66. The first kappa shape index (κ1) is 13.4. The molecule has 0 saturated carbocycles. The third-order valence-corrected chi connectivity index (χ3v) is 3.82. The van der Waals surface area contributed by atoms with Gasteiger partial charge < -0.3 is 8.92 Å². The summed E-state index contributed by atoms with van der Waals surface area (Å²) >= 11 is 0. The minimum absolute atomic E-state index is 0.0130. The van der Waals surface area contributed by atoms with Gasteiger partial charge in [-0.3, -0.25) is 0 Å². The number of hydrogen-bond acceptors (Lipinski definition) is 4. The molecule has 0 N–H and O–H groups in total. The Hall–Kier alpha value is -2.01. The molecule has 0 fully saturated rings. The Kier molecular flexibility index (Phi) is 3.76. The smallest absolute Gasteiger partial charge is 0.342 e. The molecule has 2 aromatic rings. The van der Waals surface area contributed by atoms with Crippen LogP contribution in [-0.4, -0.2) is 15.5 Å². The van der Waals surface area contributed by atoms with Crippen molar-refractivity contribution in [3.05, 3.63) is 54.1 Å². The van der Waals surface area contributed by atoms with Crippen molar-refractivity contribution in [1.82, 2.24) is 0 Å². The number of hydrogen-bond donors (Lipinski definition) is 0. The fraction of sp³-hybridized carbons (Fsp3) is 0.143. The molecular weight excluding hydrogens is 264 g/mol. The molecule has 0 heterocycles. The van der Waals surface area contributed by atoms with Gasteiger partial charge in [-0.2, -0.15) is 8.42 Å². The molecule has 0 atom stereocenters. The van der Waals surface area contributed by atoms with E-state index in [1.807, 2.05) is 13.0 Å². The lowest BCUT2D eigenvalue weighted by Gasteiger charge is -2.10. The number of rotatable bonds is 4. The Morgan fingerprint density at radius 3 is 2.42 bits per heavy atom. The van der Waals surface area contributed by atoms with Crippen LogP contribution in [0.3, 0.4) is 0 Å². The van der Waals surface area contributed by atoms with Gasteiger partial charge in [0.2, 0.25) is 0 Å². The van der Waals surface area contributed by atoms with Crippen LogP contribution >= 0.6 is 0 Å². The van der Waals surface area contributed by atoms with Gasteiger partial charge in [-0.25, -0.2) is 0 Å². The summed E-state index contributed by atoms with van der Waals surface area (Å²) in [5.74, 6) is 0.543. The molecule has 0 amide bonds. The molecule has 0 aromatic heterocycles. The van der Waals surface area contributed by atoms with Crippen molar-refractivity contribution in [2.24, 2.45) is 0 Å². The first-order valence-electron chi connectivity index (χ1n) is 5.67. The lowest BCUT2D eigenvalue weighted by atomic mass is 10.2.